The summed E-state index contributed by atoms with van der Waals surface area (Å²) in [7, 11) is 0. The Hall–Kier alpha value is -1.32. The summed E-state index contributed by atoms with van der Waals surface area (Å²) in [5.74, 6) is 3.64. The number of nitrogens with zero attached hydrogens (tertiary/aromatic N) is 2. The fourth-order valence-corrected chi connectivity index (χ4v) is 2.86. The van der Waals surface area contributed by atoms with E-state index in [1.807, 2.05) is 0 Å². The Morgan fingerprint density at radius 3 is 2.50 bits per heavy atom. The van der Waals surface area contributed by atoms with Crippen molar-refractivity contribution in [3.63, 3.8) is 0 Å². The quantitative estimate of drug-likeness (QED) is 0.825. The average Bonchev–Trinajstić information content (AvgIpc) is 3.31. The minimum absolute atomic E-state index is 0.602. The van der Waals surface area contributed by atoms with Crippen LogP contribution in [-0.4, -0.2) is 22.6 Å². The zero-order chi connectivity index (χ0) is 13.8. The highest BCUT2D eigenvalue weighted by molar-refractivity contribution is 5.48. The molecular formula is C16H26N4. The van der Waals surface area contributed by atoms with Crippen LogP contribution in [0.4, 0.5) is 11.6 Å². The second-order valence-electron chi connectivity index (χ2n) is 6.18. The summed E-state index contributed by atoms with van der Waals surface area (Å²) in [6, 6.07) is 2.68. The van der Waals surface area contributed by atoms with Crippen molar-refractivity contribution in [2.24, 2.45) is 0 Å². The van der Waals surface area contributed by atoms with Crippen molar-refractivity contribution in [3.8, 4) is 0 Å². The Bertz CT molecular complexity index is 436. The Morgan fingerprint density at radius 2 is 1.80 bits per heavy atom. The molecule has 3 rings (SSSR count). The summed E-state index contributed by atoms with van der Waals surface area (Å²) in [6.45, 7) is 3.15. The van der Waals surface area contributed by atoms with Crippen molar-refractivity contribution in [3.05, 3.63) is 11.9 Å². The number of anilines is 2. The minimum Gasteiger partial charge on any atom is -0.370 e. The molecule has 0 radical (unpaired) electrons. The van der Waals surface area contributed by atoms with Crippen LogP contribution in [0.15, 0.2) is 6.07 Å². The normalized spacial score (nSPS) is 19.9. The van der Waals surface area contributed by atoms with Gasteiger partial charge in [-0.3, -0.25) is 0 Å². The van der Waals surface area contributed by atoms with E-state index in [0.717, 1.165) is 30.4 Å². The molecule has 2 saturated carbocycles. The first-order chi connectivity index (χ1) is 9.85. The SMILES string of the molecule is CCCNc1cc(NC2CCCCC2)nc(C2CC2)n1. The number of nitrogens with one attached hydrogen (secondary N) is 2. The van der Waals surface area contributed by atoms with E-state index in [1.165, 1.54) is 44.9 Å². The Labute approximate surface area is 121 Å². The lowest BCUT2D eigenvalue weighted by Crippen LogP contribution is -2.23. The van der Waals surface area contributed by atoms with Gasteiger partial charge in [0.2, 0.25) is 0 Å². The van der Waals surface area contributed by atoms with Crippen LogP contribution in [0.1, 0.15) is 70.0 Å². The van der Waals surface area contributed by atoms with E-state index < -0.39 is 0 Å². The summed E-state index contributed by atoms with van der Waals surface area (Å²) in [5, 5.41) is 7.03. The first kappa shape index (κ1) is 13.7. The van der Waals surface area contributed by atoms with Crippen LogP contribution in [0.5, 0.6) is 0 Å². The first-order valence-corrected chi connectivity index (χ1v) is 8.24. The van der Waals surface area contributed by atoms with Gasteiger partial charge in [-0.05, 0) is 32.1 Å². The third-order valence-electron chi connectivity index (χ3n) is 4.20. The van der Waals surface area contributed by atoms with Gasteiger partial charge in [-0.15, -0.1) is 0 Å². The fraction of sp³-hybridized carbons (Fsp3) is 0.750. The standard InChI is InChI=1S/C16H26N4/c1-2-10-17-14-11-15(18-13-6-4-3-5-7-13)20-16(19-14)12-8-9-12/h11-13H,2-10H2,1H3,(H2,17,18,19,20). The van der Waals surface area contributed by atoms with Gasteiger partial charge in [0.15, 0.2) is 0 Å². The predicted octanol–water partition coefficient (Wildman–Crippen LogP) is 3.92. The van der Waals surface area contributed by atoms with E-state index in [9.17, 15) is 0 Å². The molecule has 2 aliphatic rings. The van der Waals surface area contributed by atoms with Crippen molar-refractivity contribution >= 4 is 11.6 Å². The van der Waals surface area contributed by atoms with Crippen LogP contribution in [0.25, 0.3) is 0 Å². The molecule has 1 aromatic rings. The molecule has 0 atom stereocenters. The van der Waals surface area contributed by atoms with Crippen molar-refractivity contribution in [2.45, 2.75) is 70.3 Å². The molecule has 1 heterocycles. The number of aromatic nitrogens is 2. The molecule has 2 fully saturated rings. The largest absolute Gasteiger partial charge is 0.370 e. The van der Waals surface area contributed by atoms with Gasteiger partial charge in [0.1, 0.15) is 17.5 Å². The van der Waals surface area contributed by atoms with Crippen molar-refractivity contribution in [1.29, 1.82) is 0 Å². The summed E-state index contributed by atoms with van der Waals surface area (Å²) in [5.41, 5.74) is 0. The van der Waals surface area contributed by atoms with Gasteiger partial charge in [0.25, 0.3) is 0 Å². The molecule has 0 spiro atoms. The maximum atomic E-state index is 4.74. The molecule has 0 amide bonds. The second-order valence-corrected chi connectivity index (χ2v) is 6.18. The Morgan fingerprint density at radius 1 is 1.05 bits per heavy atom. The highest BCUT2D eigenvalue weighted by Crippen LogP contribution is 2.39. The summed E-state index contributed by atoms with van der Waals surface area (Å²) in [4.78, 5) is 9.40. The number of rotatable bonds is 6. The smallest absolute Gasteiger partial charge is 0.136 e. The van der Waals surface area contributed by atoms with Crippen molar-refractivity contribution < 1.29 is 0 Å². The molecule has 0 aliphatic heterocycles. The van der Waals surface area contributed by atoms with E-state index in [4.69, 9.17) is 4.98 Å². The van der Waals surface area contributed by atoms with Gasteiger partial charge in [0.05, 0.1) is 0 Å². The lowest BCUT2D eigenvalue weighted by molar-refractivity contribution is 0.461. The van der Waals surface area contributed by atoms with Crippen LogP contribution in [0.2, 0.25) is 0 Å². The van der Waals surface area contributed by atoms with Gasteiger partial charge in [-0.1, -0.05) is 26.2 Å². The third kappa shape index (κ3) is 3.62. The molecule has 0 unspecified atom stereocenters. The molecule has 4 heteroatoms. The number of hydrogen-bond donors (Lipinski definition) is 2. The Balaban J connectivity index is 1.71. The molecule has 2 aliphatic carbocycles. The summed E-state index contributed by atoms with van der Waals surface area (Å²) < 4.78 is 0. The predicted molar refractivity (Wildman–Crippen MR) is 83.3 cm³/mol. The lowest BCUT2D eigenvalue weighted by Gasteiger charge is -2.23. The average molecular weight is 274 g/mol. The molecule has 0 aromatic carbocycles. The molecule has 20 heavy (non-hydrogen) atoms. The zero-order valence-electron chi connectivity index (χ0n) is 12.5. The van der Waals surface area contributed by atoms with Crippen molar-refractivity contribution in [1.82, 2.24) is 9.97 Å². The highest BCUT2D eigenvalue weighted by atomic mass is 15.1. The lowest BCUT2D eigenvalue weighted by atomic mass is 9.95. The molecule has 110 valence electrons. The first-order valence-electron chi connectivity index (χ1n) is 8.24. The van der Waals surface area contributed by atoms with E-state index in [2.05, 4.69) is 28.6 Å². The summed E-state index contributed by atoms with van der Waals surface area (Å²) >= 11 is 0. The minimum atomic E-state index is 0.602. The van der Waals surface area contributed by atoms with Gasteiger partial charge < -0.3 is 10.6 Å². The van der Waals surface area contributed by atoms with Crippen LogP contribution in [-0.2, 0) is 0 Å². The molecule has 1 aromatic heterocycles. The van der Waals surface area contributed by atoms with Crippen LogP contribution >= 0.6 is 0 Å². The monoisotopic (exact) mass is 274 g/mol. The second kappa shape index (κ2) is 6.42. The van der Waals surface area contributed by atoms with Crippen molar-refractivity contribution in [2.75, 3.05) is 17.2 Å². The topological polar surface area (TPSA) is 49.8 Å². The molecule has 0 saturated heterocycles. The van der Waals surface area contributed by atoms with Gasteiger partial charge in [0, 0.05) is 24.6 Å². The molecule has 4 nitrogen and oxygen atoms in total. The molecule has 2 N–H and O–H groups in total. The van der Waals surface area contributed by atoms with E-state index in [-0.39, 0.29) is 0 Å². The van der Waals surface area contributed by atoms with E-state index >= 15 is 0 Å². The van der Waals surface area contributed by atoms with Crippen LogP contribution in [0.3, 0.4) is 0 Å². The molecular weight excluding hydrogens is 248 g/mol. The van der Waals surface area contributed by atoms with Crippen LogP contribution in [0, 0.1) is 0 Å². The third-order valence-corrected chi connectivity index (χ3v) is 4.20. The summed E-state index contributed by atoms with van der Waals surface area (Å²) in [6.07, 6.45) is 10.3. The van der Waals surface area contributed by atoms with E-state index in [0.29, 0.717) is 12.0 Å². The van der Waals surface area contributed by atoms with Crippen LogP contribution < -0.4 is 10.6 Å². The maximum absolute atomic E-state index is 4.74. The Kier molecular flexibility index (Phi) is 4.38. The molecule has 0 bridgehead atoms. The van der Waals surface area contributed by atoms with E-state index in [1.54, 1.807) is 0 Å². The number of hydrogen-bond acceptors (Lipinski definition) is 4. The van der Waals surface area contributed by atoms with Gasteiger partial charge in [-0.2, -0.15) is 0 Å². The fourth-order valence-electron chi connectivity index (χ4n) is 2.86. The van der Waals surface area contributed by atoms with Gasteiger partial charge >= 0.3 is 0 Å². The highest BCUT2D eigenvalue weighted by Gasteiger charge is 2.27. The zero-order valence-corrected chi connectivity index (χ0v) is 12.5. The van der Waals surface area contributed by atoms with Gasteiger partial charge in [-0.25, -0.2) is 9.97 Å². The maximum Gasteiger partial charge on any atom is 0.136 e.